The summed E-state index contributed by atoms with van der Waals surface area (Å²) in [7, 11) is 0. The molecule has 17 heavy (non-hydrogen) atoms. The van der Waals surface area contributed by atoms with E-state index in [9.17, 15) is 13.2 Å². The Hall–Kier alpha value is -0.710. The maximum absolute atomic E-state index is 12.7. The van der Waals surface area contributed by atoms with Crippen LogP contribution in [0.15, 0.2) is 24.3 Å². The first-order valence-electron chi connectivity index (χ1n) is 5.37. The molecular formula is C12H15BrF3N. The molecule has 0 aliphatic carbocycles. The lowest BCUT2D eigenvalue weighted by atomic mass is 10.1. The fourth-order valence-electron chi connectivity index (χ4n) is 1.67. The van der Waals surface area contributed by atoms with Crippen LogP contribution in [0.1, 0.15) is 25.8 Å². The molecule has 1 rings (SSSR count). The van der Waals surface area contributed by atoms with E-state index in [1.165, 1.54) is 12.1 Å². The highest BCUT2D eigenvalue weighted by molar-refractivity contribution is 9.09. The van der Waals surface area contributed by atoms with E-state index in [1.54, 1.807) is 6.07 Å². The third kappa shape index (κ3) is 4.58. The molecule has 0 spiro atoms. The number of anilines is 1. The third-order valence-electron chi connectivity index (χ3n) is 2.31. The van der Waals surface area contributed by atoms with Crippen LogP contribution in [0.25, 0.3) is 0 Å². The predicted molar refractivity (Wildman–Crippen MR) is 67.5 cm³/mol. The molecule has 0 aromatic heterocycles. The Morgan fingerprint density at radius 2 is 1.82 bits per heavy atom. The van der Waals surface area contributed by atoms with E-state index < -0.39 is 11.7 Å². The molecule has 1 nitrogen and oxygen atoms in total. The van der Waals surface area contributed by atoms with Crippen LogP contribution in [-0.2, 0) is 6.18 Å². The number of hydrogen-bond acceptors (Lipinski definition) is 1. The highest BCUT2D eigenvalue weighted by Gasteiger charge is 2.33. The lowest BCUT2D eigenvalue weighted by Crippen LogP contribution is -2.20. The highest BCUT2D eigenvalue weighted by atomic mass is 79.9. The average molecular weight is 310 g/mol. The summed E-state index contributed by atoms with van der Waals surface area (Å²) in [6, 6.07) is 5.52. The van der Waals surface area contributed by atoms with Gasteiger partial charge in [0, 0.05) is 16.6 Å². The van der Waals surface area contributed by atoms with Gasteiger partial charge in [0.25, 0.3) is 0 Å². The molecule has 5 heteroatoms. The first-order valence-corrected chi connectivity index (χ1v) is 6.29. The summed E-state index contributed by atoms with van der Waals surface area (Å²) in [5, 5.41) is 2.90. The average Bonchev–Trinajstić information content (AvgIpc) is 2.15. The molecule has 0 saturated carbocycles. The molecule has 0 aliphatic heterocycles. The highest BCUT2D eigenvalue weighted by Crippen LogP contribution is 2.35. The first-order chi connectivity index (χ1) is 7.80. The smallest absolute Gasteiger partial charge is 0.382 e. The summed E-state index contributed by atoms with van der Waals surface area (Å²) in [5.41, 5.74) is -0.477. The van der Waals surface area contributed by atoms with Gasteiger partial charge in [0.15, 0.2) is 0 Å². The van der Waals surface area contributed by atoms with E-state index >= 15 is 0 Å². The Morgan fingerprint density at radius 1 is 1.24 bits per heavy atom. The minimum Gasteiger partial charge on any atom is -0.382 e. The largest absolute Gasteiger partial charge is 0.418 e. The van der Waals surface area contributed by atoms with Crippen molar-refractivity contribution >= 4 is 21.6 Å². The van der Waals surface area contributed by atoms with E-state index in [-0.39, 0.29) is 16.6 Å². The van der Waals surface area contributed by atoms with Crippen LogP contribution < -0.4 is 5.32 Å². The van der Waals surface area contributed by atoms with Gasteiger partial charge in [-0.15, -0.1) is 0 Å². The minimum absolute atomic E-state index is 0.0205. The number of hydrogen-bond donors (Lipinski definition) is 1. The zero-order valence-electron chi connectivity index (χ0n) is 9.68. The monoisotopic (exact) mass is 309 g/mol. The molecular weight excluding hydrogens is 295 g/mol. The van der Waals surface area contributed by atoms with Gasteiger partial charge in [-0.3, -0.25) is 0 Å². The van der Waals surface area contributed by atoms with Crippen LogP contribution in [-0.4, -0.2) is 10.9 Å². The third-order valence-corrected chi connectivity index (χ3v) is 2.69. The molecule has 0 fully saturated rings. The van der Waals surface area contributed by atoms with Gasteiger partial charge < -0.3 is 5.32 Å². The molecule has 96 valence electrons. The van der Waals surface area contributed by atoms with Gasteiger partial charge in [0.05, 0.1) is 5.56 Å². The number of nitrogens with one attached hydrogen (secondary N) is 1. The number of rotatable bonds is 4. The van der Waals surface area contributed by atoms with E-state index in [0.29, 0.717) is 0 Å². The van der Waals surface area contributed by atoms with E-state index in [4.69, 9.17) is 0 Å². The molecule has 0 heterocycles. The zero-order chi connectivity index (χ0) is 13.1. The summed E-state index contributed by atoms with van der Waals surface area (Å²) < 4.78 is 38.1. The second kappa shape index (κ2) is 5.76. The SMILES string of the molecule is CC(Br)CC(C)Nc1ccccc1C(F)(F)F. The molecule has 2 atom stereocenters. The number of halogens is 4. The van der Waals surface area contributed by atoms with Crippen LogP contribution in [0.5, 0.6) is 0 Å². The Kier molecular flexibility index (Phi) is 4.86. The summed E-state index contributed by atoms with van der Waals surface area (Å²) in [6.07, 6.45) is -3.56. The lowest BCUT2D eigenvalue weighted by molar-refractivity contribution is -0.137. The maximum Gasteiger partial charge on any atom is 0.418 e. The first kappa shape index (κ1) is 14.4. The molecule has 0 bridgehead atoms. The normalized spacial score (nSPS) is 15.4. The number of alkyl halides is 4. The van der Waals surface area contributed by atoms with Gasteiger partial charge in [0.2, 0.25) is 0 Å². The lowest BCUT2D eigenvalue weighted by Gasteiger charge is -2.20. The number of benzene rings is 1. The van der Waals surface area contributed by atoms with Crippen molar-refractivity contribution in [3.8, 4) is 0 Å². The quantitative estimate of drug-likeness (QED) is 0.796. The van der Waals surface area contributed by atoms with Crippen LogP contribution in [0.3, 0.4) is 0 Å². The Labute approximate surface area is 108 Å². The van der Waals surface area contributed by atoms with Gasteiger partial charge in [-0.25, -0.2) is 0 Å². The molecule has 1 aromatic carbocycles. The van der Waals surface area contributed by atoms with Crippen LogP contribution >= 0.6 is 15.9 Å². The number of para-hydroxylation sites is 1. The fourth-order valence-corrected chi connectivity index (χ4v) is 2.23. The van der Waals surface area contributed by atoms with Crippen molar-refractivity contribution in [3.63, 3.8) is 0 Å². The van der Waals surface area contributed by atoms with Gasteiger partial charge in [-0.2, -0.15) is 13.2 Å². The van der Waals surface area contributed by atoms with E-state index in [0.717, 1.165) is 12.5 Å². The maximum atomic E-state index is 12.7. The standard InChI is InChI=1S/C12H15BrF3N/c1-8(13)7-9(2)17-11-6-4-3-5-10(11)12(14,15)16/h3-6,8-9,17H,7H2,1-2H3. The van der Waals surface area contributed by atoms with Crippen LogP contribution in [0, 0.1) is 0 Å². The van der Waals surface area contributed by atoms with Crippen molar-refractivity contribution in [1.29, 1.82) is 0 Å². The van der Waals surface area contributed by atoms with Crippen molar-refractivity contribution in [2.75, 3.05) is 5.32 Å². The van der Waals surface area contributed by atoms with Crippen LogP contribution in [0.4, 0.5) is 18.9 Å². The van der Waals surface area contributed by atoms with E-state index in [1.807, 2.05) is 13.8 Å². The second-order valence-corrected chi connectivity index (χ2v) is 5.67. The molecule has 2 unspecified atom stereocenters. The Balaban J connectivity index is 2.84. The predicted octanol–water partition coefficient (Wildman–Crippen LogP) is 4.68. The summed E-state index contributed by atoms with van der Waals surface area (Å²) in [5.74, 6) is 0. The second-order valence-electron chi connectivity index (χ2n) is 4.11. The summed E-state index contributed by atoms with van der Waals surface area (Å²) >= 11 is 3.38. The van der Waals surface area contributed by atoms with Crippen molar-refractivity contribution in [2.45, 2.75) is 37.3 Å². The van der Waals surface area contributed by atoms with Crippen molar-refractivity contribution in [1.82, 2.24) is 0 Å². The molecule has 0 saturated heterocycles. The summed E-state index contributed by atoms with van der Waals surface area (Å²) in [6.45, 7) is 3.83. The Bertz CT molecular complexity index is 363. The molecule has 1 N–H and O–H groups in total. The molecule has 0 amide bonds. The van der Waals surface area contributed by atoms with Gasteiger partial charge >= 0.3 is 6.18 Å². The van der Waals surface area contributed by atoms with E-state index in [2.05, 4.69) is 21.2 Å². The Morgan fingerprint density at radius 3 is 2.35 bits per heavy atom. The van der Waals surface area contributed by atoms with Crippen molar-refractivity contribution in [2.24, 2.45) is 0 Å². The summed E-state index contributed by atoms with van der Waals surface area (Å²) in [4.78, 5) is 0.267. The minimum atomic E-state index is -4.32. The van der Waals surface area contributed by atoms with Gasteiger partial charge in [-0.05, 0) is 25.5 Å². The van der Waals surface area contributed by atoms with Gasteiger partial charge in [0.1, 0.15) is 0 Å². The van der Waals surface area contributed by atoms with Crippen molar-refractivity contribution < 1.29 is 13.2 Å². The molecule has 0 aliphatic rings. The zero-order valence-corrected chi connectivity index (χ0v) is 11.3. The molecule has 1 aromatic rings. The topological polar surface area (TPSA) is 12.0 Å². The van der Waals surface area contributed by atoms with Gasteiger partial charge in [-0.1, -0.05) is 35.0 Å². The fraction of sp³-hybridized carbons (Fsp3) is 0.500. The van der Waals surface area contributed by atoms with Crippen molar-refractivity contribution in [3.05, 3.63) is 29.8 Å². The molecule has 0 radical (unpaired) electrons. The van der Waals surface area contributed by atoms with Crippen LogP contribution in [0.2, 0.25) is 0 Å².